The lowest BCUT2D eigenvalue weighted by Gasteiger charge is -1.91. The monoisotopic (exact) mass is 166 g/mol. The van der Waals surface area contributed by atoms with Gasteiger partial charge in [-0.2, -0.15) is 5.26 Å². The van der Waals surface area contributed by atoms with Gasteiger partial charge < -0.3 is 0 Å². The average Bonchev–Trinajstić information content (AvgIpc) is 2.03. The van der Waals surface area contributed by atoms with Crippen molar-refractivity contribution in [3.05, 3.63) is 39.7 Å². The van der Waals surface area contributed by atoms with Crippen molar-refractivity contribution in [1.82, 2.24) is 0 Å². The summed E-state index contributed by atoms with van der Waals surface area (Å²) in [5, 5.41) is 18.5. The van der Waals surface area contributed by atoms with Crippen molar-refractivity contribution in [2.75, 3.05) is 0 Å². The Balaban J connectivity index is 3.26. The van der Waals surface area contributed by atoms with Gasteiger partial charge in [0.2, 0.25) is 0 Å². The van der Waals surface area contributed by atoms with Gasteiger partial charge in [-0.15, -0.1) is 0 Å². The van der Waals surface area contributed by atoms with E-state index in [2.05, 4.69) is 0 Å². The van der Waals surface area contributed by atoms with Crippen LogP contribution in [0.1, 0.15) is 5.56 Å². The van der Waals surface area contributed by atoms with Crippen LogP contribution >= 0.6 is 0 Å². The molecular formula is C7H3FN2O2. The van der Waals surface area contributed by atoms with Crippen LogP contribution in [0.2, 0.25) is 0 Å². The molecule has 12 heavy (non-hydrogen) atoms. The van der Waals surface area contributed by atoms with Gasteiger partial charge in [0, 0.05) is 6.07 Å². The van der Waals surface area contributed by atoms with E-state index in [0.29, 0.717) is 0 Å². The second kappa shape index (κ2) is 2.96. The van der Waals surface area contributed by atoms with Crippen LogP contribution in [0, 0.1) is 27.3 Å². The van der Waals surface area contributed by atoms with Crippen LogP contribution in [-0.4, -0.2) is 4.92 Å². The Morgan fingerprint density at radius 3 is 2.67 bits per heavy atom. The molecule has 60 valence electrons. The van der Waals surface area contributed by atoms with Gasteiger partial charge in [0.15, 0.2) is 0 Å². The van der Waals surface area contributed by atoms with Crippen molar-refractivity contribution < 1.29 is 9.31 Å². The maximum Gasteiger partial charge on any atom is 0.273 e. The van der Waals surface area contributed by atoms with E-state index in [4.69, 9.17) is 5.26 Å². The normalized spacial score (nSPS) is 9.00. The lowest BCUT2D eigenvalue weighted by atomic mass is 10.2. The minimum atomic E-state index is -0.777. The molecule has 0 aromatic heterocycles. The largest absolute Gasteiger partial charge is 0.273 e. The maximum absolute atomic E-state index is 12.5. The zero-order chi connectivity index (χ0) is 9.14. The molecule has 5 heteroatoms. The molecule has 0 saturated heterocycles. The lowest BCUT2D eigenvalue weighted by Crippen LogP contribution is -1.90. The summed E-state index contributed by atoms with van der Waals surface area (Å²) in [5.41, 5.74) is -0.465. The molecule has 0 saturated carbocycles. The fourth-order valence-corrected chi connectivity index (χ4v) is 0.744. The summed E-state index contributed by atoms with van der Waals surface area (Å²) >= 11 is 0. The van der Waals surface area contributed by atoms with E-state index in [1.165, 1.54) is 0 Å². The van der Waals surface area contributed by atoms with E-state index in [-0.39, 0.29) is 5.56 Å². The van der Waals surface area contributed by atoms with Crippen LogP contribution in [0.5, 0.6) is 0 Å². The number of nitro benzene ring substituents is 1. The minimum absolute atomic E-state index is 0.0540. The number of non-ortho nitro benzene ring substituents is 1. The molecular weight excluding hydrogens is 163 g/mol. The zero-order valence-electron chi connectivity index (χ0n) is 5.82. The maximum atomic E-state index is 12.5. The molecule has 0 radical (unpaired) electrons. The number of nitriles is 1. The van der Waals surface area contributed by atoms with Crippen molar-refractivity contribution >= 4 is 5.69 Å². The van der Waals surface area contributed by atoms with Gasteiger partial charge in [0.1, 0.15) is 5.82 Å². The van der Waals surface area contributed by atoms with Crippen molar-refractivity contribution in [1.29, 1.82) is 5.26 Å². The quantitative estimate of drug-likeness (QED) is 0.470. The molecule has 4 nitrogen and oxygen atoms in total. The summed E-state index contributed by atoms with van der Waals surface area (Å²) in [6.45, 7) is 0. The van der Waals surface area contributed by atoms with Crippen molar-refractivity contribution in [2.24, 2.45) is 0 Å². The first-order chi connectivity index (χ1) is 5.63. The summed E-state index contributed by atoms with van der Waals surface area (Å²) < 4.78 is 12.5. The van der Waals surface area contributed by atoms with E-state index in [1.807, 2.05) is 0 Å². The summed E-state index contributed by atoms with van der Waals surface area (Å²) in [7, 11) is 0. The van der Waals surface area contributed by atoms with Gasteiger partial charge >= 0.3 is 0 Å². The first-order valence-corrected chi connectivity index (χ1v) is 2.98. The molecule has 0 bridgehead atoms. The molecule has 1 rings (SSSR count). The van der Waals surface area contributed by atoms with E-state index in [9.17, 15) is 14.5 Å². The first kappa shape index (κ1) is 8.14. The Morgan fingerprint density at radius 2 is 2.17 bits per heavy atom. The highest BCUT2D eigenvalue weighted by molar-refractivity contribution is 5.40. The van der Waals surface area contributed by atoms with Crippen molar-refractivity contribution in [3.8, 4) is 6.07 Å². The molecule has 1 aromatic carbocycles. The van der Waals surface area contributed by atoms with E-state index < -0.39 is 16.4 Å². The summed E-state index contributed by atoms with van der Waals surface area (Å²) in [6, 6.07) is 4.34. The Morgan fingerprint density at radius 1 is 1.50 bits per heavy atom. The van der Waals surface area contributed by atoms with Crippen LogP contribution in [-0.2, 0) is 0 Å². The van der Waals surface area contributed by atoms with E-state index in [1.54, 1.807) is 6.07 Å². The number of halogens is 1. The predicted octanol–water partition coefficient (Wildman–Crippen LogP) is 1.61. The number of rotatable bonds is 1. The molecule has 1 aromatic rings. The molecule has 0 spiro atoms. The van der Waals surface area contributed by atoms with E-state index in [0.717, 1.165) is 18.2 Å². The van der Waals surface area contributed by atoms with Crippen molar-refractivity contribution in [2.45, 2.75) is 0 Å². The second-order valence-corrected chi connectivity index (χ2v) is 2.07. The third-order valence-electron chi connectivity index (χ3n) is 1.22. The minimum Gasteiger partial charge on any atom is -0.258 e. The predicted molar refractivity (Wildman–Crippen MR) is 37.8 cm³/mol. The SMILES string of the molecule is N#Cc1cc(F)cc([N+](=O)[O-])c1. The van der Waals surface area contributed by atoms with Crippen LogP contribution in [0.4, 0.5) is 10.1 Å². The molecule has 0 unspecified atom stereocenters. The Hall–Kier alpha value is -1.96. The lowest BCUT2D eigenvalue weighted by molar-refractivity contribution is -0.385. The Bertz CT molecular complexity index is 370. The van der Waals surface area contributed by atoms with Gasteiger partial charge in [-0.1, -0.05) is 0 Å². The standard InChI is InChI=1S/C7H3FN2O2/c8-6-1-5(4-9)2-7(3-6)10(11)12/h1-3H. The molecule has 0 N–H and O–H groups in total. The van der Waals surface area contributed by atoms with E-state index >= 15 is 0 Å². The van der Waals surface area contributed by atoms with Crippen LogP contribution < -0.4 is 0 Å². The number of hydrogen-bond donors (Lipinski definition) is 0. The summed E-state index contributed by atoms with van der Waals surface area (Å²) in [4.78, 5) is 9.40. The summed E-state index contributed by atoms with van der Waals surface area (Å²) in [5.74, 6) is -0.777. The molecule has 0 heterocycles. The van der Waals surface area contributed by atoms with Gasteiger partial charge in [-0.25, -0.2) is 4.39 Å². The van der Waals surface area contributed by atoms with Gasteiger partial charge in [0.05, 0.1) is 22.6 Å². The molecule has 0 aliphatic rings. The second-order valence-electron chi connectivity index (χ2n) is 2.07. The smallest absolute Gasteiger partial charge is 0.258 e. The van der Waals surface area contributed by atoms with Gasteiger partial charge in [0.25, 0.3) is 5.69 Å². The summed E-state index contributed by atoms with van der Waals surface area (Å²) in [6.07, 6.45) is 0. The van der Waals surface area contributed by atoms with Crippen LogP contribution in [0.15, 0.2) is 18.2 Å². The number of nitro groups is 1. The van der Waals surface area contributed by atoms with Crippen molar-refractivity contribution in [3.63, 3.8) is 0 Å². The number of benzene rings is 1. The fraction of sp³-hybridized carbons (Fsp3) is 0. The highest BCUT2D eigenvalue weighted by Crippen LogP contribution is 2.15. The number of hydrogen-bond acceptors (Lipinski definition) is 3. The Labute approximate surface area is 67.0 Å². The molecule has 0 aliphatic carbocycles. The van der Waals surface area contributed by atoms with Gasteiger partial charge in [-0.05, 0) is 6.07 Å². The molecule has 0 fully saturated rings. The average molecular weight is 166 g/mol. The highest BCUT2D eigenvalue weighted by atomic mass is 19.1. The third kappa shape index (κ3) is 1.55. The van der Waals surface area contributed by atoms with Gasteiger partial charge in [-0.3, -0.25) is 10.1 Å². The van der Waals surface area contributed by atoms with Crippen LogP contribution in [0.3, 0.4) is 0 Å². The Kier molecular flexibility index (Phi) is 2.01. The molecule has 0 atom stereocenters. The molecule has 0 amide bonds. The third-order valence-corrected chi connectivity index (χ3v) is 1.22. The highest BCUT2D eigenvalue weighted by Gasteiger charge is 2.08. The topological polar surface area (TPSA) is 66.9 Å². The number of nitrogens with zero attached hydrogens (tertiary/aromatic N) is 2. The molecule has 0 aliphatic heterocycles. The zero-order valence-corrected chi connectivity index (χ0v) is 5.82. The van der Waals surface area contributed by atoms with Crippen LogP contribution in [0.25, 0.3) is 0 Å². The fourth-order valence-electron chi connectivity index (χ4n) is 0.744. The first-order valence-electron chi connectivity index (χ1n) is 2.98.